The summed E-state index contributed by atoms with van der Waals surface area (Å²) in [7, 11) is 0. The number of esters is 1. The van der Waals surface area contributed by atoms with Crippen molar-refractivity contribution in [1.29, 1.82) is 0 Å². The van der Waals surface area contributed by atoms with Crippen LogP contribution in [0.5, 0.6) is 0 Å². The second kappa shape index (κ2) is 7.64. The Hall–Kier alpha value is -2.86. The monoisotopic (exact) mass is 397 g/mol. The lowest BCUT2D eigenvalue weighted by Gasteiger charge is -2.17. The van der Waals surface area contributed by atoms with Gasteiger partial charge in [-0.2, -0.15) is 0 Å². The van der Waals surface area contributed by atoms with Gasteiger partial charge in [-0.05, 0) is 37.3 Å². The van der Waals surface area contributed by atoms with Crippen LogP contribution in [0, 0.1) is 0 Å². The Kier molecular flexibility index (Phi) is 5.05. The molecule has 0 bridgehead atoms. The van der Waals surface area contributed by atoms with Gasteiger partial charge in [0.2, 0.25) is 5.91 Å². The van der Waals surface area contributed by atoms with Gasteiger partial charge in [0.05, 0.1) is 17.6 Å². The van der Waals surface area contributed by atoms with E-state index < -0.39 is 0 Å². The standard InChI is InChI=1S/C21H20ClN3O3/c1-2-28-20(27)13-25-18-9-4-3-8-17(18)23-21(25)14-10-19(26)24(12-14)16-7-5-6-15(22)11-16/h3-9,11,14H,2,10,12-13H2,1H3/t14-/m1/s1. The molecule has 28 heavy (non-hydrogen) atoms. The van der Waals surface area contributed by atoms with Crippen LogP contribution in [-0.2, 0) is 20.9 Å². The quantitative estimate of drug-likeness (QED) is 0.615. The van der Waals surface area contributed by atoms with Gasteiger partial charge >= 0.3 is 5.97 Å². The van der Waals surface area contributed by atoms with Crippen molar-refractivity contribution >= 4 is 40.2 Å². The Morgan fingerprint density at radius 2 is 2.07 bits per heavy atom. The number of hydrogen-bond acceptors (Lipinski definition) is 4. The van der Waals surface area contributed by atoms with E-state index in [9.17, 15) is 9.59 Å². The fourth-order valence-electron chi connectivity index (χ4n) is 3.68. The molecular weight excluding hydrogens is 378 g/mol. The second-order valence-corrected chi connectivity index (χ2v) is 7.17. The summed E-state index contributed by atoms with van der Waals surface area (Å²) in [5.74, 6) is 0.311. The summed E-state index contributed by atoms with van der Waals surface area (Å²) in [6.07, 6.45) is 0.332. The highest BCUT2D eigenvalue weighted by molar-refractivity contribution is 6.30. The van der Waals surface area contributed by atoms with Crippen molar-refractivity contribution in [2.24, 2.45) is 0 Å². The molecule has 1 atom stereocenters. The van der Waals surface area contributed by atoms with Crippen molar-refractivity contribution < 1.29 is 14.3 Å². The molecule has 1 aliphatic heterocycles. The number of imidazole rings is 1. The molecule has 0 aliphatic carbocycles. The number of anilines is 1. The van der Waals surface area contributed by atoms with Gasteiger partial charge in [-0.1, -0.05) is 29.8 Å². The summed E-state index contributed by atoms with van der Waals surface area (Å²) in [5.41, 5.74) is 2.43. The molecule has 3 aromatic rings. The van der Waals surface area contributed by atoms with Crippen LogP contribution in [0.1, 0.15) is 25.1 Å². The molecule has 0 saturated carbocycles. The molecule has 144 valence electrons. The van der Waals surface area contributed by atoms with Gasteiger partial charge in [-0.3, -0.25) is 9.59 Å². The van der Waals surface area contributed by atoms with E-state index in [1.165, 1.54) is 0 Å². The van der Waals surface area contributed by atoms with E-state index >= 15 is 0 Å². The van der Waals surface area contributed by atoms with Crippen LogP contribution in [0.25, 0.3) is 11.0 Å². The molecule has 0 spiro atoms. The minimum Gasteiger partial charge on any atom is -0.465 e. The summed E-state index contributed by atoms with van der Waals surface area (Å²) < 4.78 is 6.99. The highest BCUT2D eigenvalue weighted by Gasteiger charge is 2.35. The van der Waals surface area contributed by atoms with Gasteiger partial charge < -0.3 is 14.2 Å². The lowest BCUT2D eigenvalue weighted by Crippen LogP contribution is -2.24. The number of aromatic nitrogens is 2. The third-order valence-electron chi connectivity index (χ3n) is 4.89. The maximum atomic E-state index is 12.7. The topological polar surface area (TPSA) is 64.4 Å². The van der Waals surface area contributed by atoms with Crippen molar-refractivity contribution in [3.05, 3.63) is 59.4 Å². The number of benzene rings is 2. The molecule has 1 fully saturated rings. The predicted molar refractivity (Wildman–Crippen MR) is 108 cm³/mol. The first-order valence-electron chi connectivity index (χ1n) is 9.23. The fraction of sp³-hybridized carbons (Fsp3) is 0.286. The number of fused-ring (bicyclic) bond motifs is 1. The highest BCUT2D eigenvalue weighted by Crippen LogP contribution is 2.34. The number of ether oxygens (including phenoxy) is 1. The molecule has 0 N–H and O–H groups in total. The van der Waals surface area contributed by atoms with Crippen LogP contribution in [0.4, 0.5) is 5.69 Å². The number of amides is 1. The van der Waals surface area contributed by atoms with E-state index in [0.29, 0.717) is 24.6 Å². The molecule has 1 amide bonds. The smallest absolute Gasteiger partial charge is 0.326 e. The van der Waals surface area contributed by atoms with E-state index in [0.717, 1.165) is 22.5 Å². The molecule has 6 nitrogen and oxygen atoms in total. The number of halogens is 1. The average molecular weight is 398 g/mol. The molecule has 1 aliphatic rings. The van der Waals surface area contributed by atoms with Gasteiger partial charge in [0, 0.05) is 29.6 Å². The summed E-state index contributed by atoms with van der Waals surface area (Å²) >= 11 is 6.08. The lowest BCUT2D eigenvalue weighted by atomic mass is 10.1. The minimum atomic E-state index is -0.317. The van der Waals surface area contributed by atoms with Crippen LogP contribution in [0.2, 0.25) is 5.02 Å². The van der Waals surface area contributed by atoms with E-state index in [1.807, 2.05) is 41.0 Å². The number of rotatable bonds is 5. The first kappa shape index (κ1) is 18.5. The number of hydrogen-bond donors (Lipinski definition) is 0. The van der Waals surface area contributed by atoms with Crippen molar-refractivity contribution in [2.75, 3.05) is 18.1 Å². The second-order valence-electron chi connectivity index (χ2n) is 6.74. The number of nitrogens with zero attached hydrogens (tertiary/aromatic N) is 3. The summed E-state index contributed by atoms with van der Waals surface area (Å²) in [6.45, 7) is 2.67. The zero-order valence-electron chi connectivity index (χ0n) is 15.5. The van der Waals surface area contributed by atoms with Crippen LogP contribution in [0.15, 0.2) is 48.5 Å². The van der Waals surface area contributed by atoms with Gasteiger partial charge in [0.1, 0.15) is 12.4 Å². The van der Waals surface area contributed by atoms with Crippen molar-refractivity contribution in [3.63, 3.8) is 0 Å². The Morgan fingerprint density at radius 3 is 2.86 bits per heavy atom. The molecule has 0 radical (unpaired) electrons. The fourth-order valence-corrected chi connectivity index (χ4v) is 3.87. The Labute approximate surface area is 167 Å². The summed E-state index contributed by atoms with van der Waals surface area (Å²) in [6, 6.07) is 14.9. The van der Waals surface area contributed by atoms with Crippen molar-refractivity contribution in [2.45, 2.75) is 25.8 Å². The SMILES string of the molecule is CCOC(=O)Cn1c([C@@H]2CC(=O)N(c3cccc(Cl)c3)C2)nc2ccccc21. The van der Waals surface area contributed by atoms with Gasteiger partial charge in [-0.15, -0.1) is 0 Å². The third kappa shape index (κ3) is 3.47. The number of carbonyl (C=O) groups is 2. The van der Waals surface area contributed by atoms with Crippen molar-refractivity contribution in [1.82, 2.24) is 9.55 Å². The molecule has 1 aromatic heterocycles. The third-order valence-corrected chi connectivity index (χ3v) is 5.12. The largest absolute Gasteiger partial charge is 0.465 e. The Morgan fingerprint density at radius 1 is 1.25 bits per heavy atom. The van der Waals surface area contributed by atoms with Gasteiger partial charge in [0.15, 0.2) is 0 Å². The highest BCUT2D eigenvalue weighted by atomic mass is 35.5. The van der Waals surface area contributed by atoms with E-state index in [2.05, 4.69) is 0 Å². The van der Waals surface area contributed by atoms with Crippen molar-refractivity contribution in [3.8, 4) is 0 Å². The summed E-state index contributed by atoms with van der Waals surface area (Å²) in [5, 5.41) is 0.586. The Balaban J connectivity index is 1.69. The molecular formula is C21H20ClN3O3. The van der Waals surface area contributed by atoms with Gasteiger partial charge in [-0.25, -0.2) is 4.98 Å². The average Bonchev–Trinajstić information content (AvgIpc) is 3.23. The molecule has 7 heteroatoms. The molecule has 1 saturated heterocycles. The number of carbonyl (C=O) groups excluding carboxylic acids is 2. The molecule has 2 aromatic carbocycles. The number of para-hydroxylation sites is 2. The maximum absolute atomic E-state index is 12.7. The lowest BCUT2D eigenvalue weighted by molar-refractivity contribution is -0.143. The zero-order valence-corrected chi connectivity index (χ0v) is 16.2. The molecule has 2 heterocycles. The van der Waals surface area contributed by atoms with E-state index in [-0.39, 0.29) is 24.3 Å². The van der Waals surface area contributed by atoms with Gasteiger partial charge in [0.25, 0.3) is 0 Å². The Bertz CT molecular complexity index is 1050. The van der Waals surface area contributed by atoms with Crippen LogP contribution < -0.4 is 4.90 Å². The first-order chi connectivity index (χ1) is 13.6. The zero-order chi connectivity index (χ0) is 19.7. The predicted octanol–water partition coefficient (Wildman–Crippen LogP) is 3.77. The molecule has 0 unspecified atom stereocenters. The van der Waals surface area contributed by atoms with Crippen LogP contribution in [-0.4, -0.2) is 34.6 Å². The van der Waals surface area contributed by atoms with Crippen LogP contribution in [0.3, 0.4) is 0 Å². The first-order valence-corrected chi connectivity index (χ1v) is 9.61. The minimum absolute atomic E-state index is 0.0157. The molecule has 4 rings (SSSR count). The van der Waals surface area contributed by atoms with Crippen LogP contribution >= 0.6 is 11.6 Å². The van der Waals surface area contributed by atoms with E-state index in [4.69, 9.17) is 21.3 Å². The normalized spacial score (nSPS) is 16.7. The van der Waals surface area contributed by atoms with E-state index in [1.54, 1.807) is 24.0 Å². The summed E-state index contributed by atoms with van der Waals surface area (Å²) in [4.78, 5) is 31.3. The maximum Gasteiger partial charge on any atom is 0.326 e.